The summed E-state index contributed by atoms with van der Waals surface area (Å²) in [6, 6.07) is 13.9. The predicted octanol–water partition coefficient (Wildman–Crippen LogP) is 2.60. The summed E-state index contributed by atoms with van der Waals surface area (Å²) in [5.74, 6) is -0.665. The van der Waals surface area contributed by atoms with Gasteiger partial charge < -0.3 is 9.72 Å². The van der Waals surface area contributed by atoms with Crippen molar-refractivity contribution in [1.29, 1.82) is 0 Å². The van der Waals surface area contributed by atoms with Gasteiger partial charge >= 0.3 is 5.97 Å². The number of para-hydroxylation sites is 2. The van der Waals surface area contributed by atoms with Gasteiger partial charge in [-0.25, -0.2) is 9.78 Å². The highest BCUT2D eigenvalue weighted by atomic mass is 16.5. The van der Waals surface area contributed by atoms with Crippen LogP contribution >= 0.6 is 0 Å². The maximum absolute atomic E-state index is 12.4. The number of esters is 1. The highest BCUT2D eigenvalue weighted by Gasteiger charge is 2.17. The summed E-state index contributed by atoms with van der Waals surface area (Å²) < 4.78 is 4.68. The van der Waals surface area contributed by atoms with Crippen LogP contribution in [0.3, 0.4) is 0 Å². The Morgan fingerprint density at radius 3 is 2.45 bits per heavy atom. The Kier molecular flexibility index (Phi) is 3.57. The average molecular weight is 295 g/mol. The number of carbonyl (C=O) groups excluding carboxylic acids is 2. The molecule has 0 unspecified atom stereocenters. The van der Waals surface area contributed by atoms with Crippen LogP contribution in [0.4, 0.5) is 5.95 Å². The SMILES string of the molecule is COC(=O)c1ccccc1C(=O)Nc1nc2ccccc2[nH]1. The third kappa shape index (κ3) is 2.54. The number of aromatic amines is 1. The lowest BCUT2D eigenvalue weighted by Gasteiger charge is -2.06. The maximum atomic E-state index is 12.4. The first-order chi connectivity index (χ1) is 10.7. The Bertz CT molecular complexity index is 821. The molecule has 3 rings (SSSR count). The van der Waals surface area contributed by atoms with Crippen LogP contribution in [0.25, 0.3) is 11.0 Å². The molecule has 0 aliphatic carbocycles. The zero-order valence-corrected chi connectivity index (χ0v) is 11.8. The van der Waals surface area contributed by atoms with Gasteiger partial charge in [-0.15, -0.1) is 0 Å². The Balaban J connectivity index is 1.90. The first kappa shape index (κ1) is 13.8. The van der Waals surface area contributed by atoms with Gasteiger partial charge in [0.15, 0.2) is 0 Å². The summed E-state index contributed by atoms with van der Waals surface area (Å²) in [5, 5.41) is 2.65. The third-order valence-electron chi connectivity index (χ3n) is 3.20. The number of carbonyl (C=O) groups is 2. The molecule has 1 amide bonds. The normalized spacial score (nSPS) is 10.4. The number of nitrogens with one attached hydrogen (secondary N) is 2. The molecule has 6 heteroatoms. The number of rotatable bonds is 3. The molecule has 0 saturated heterocycles. The van der Waals surface area contributed by atoms with Crippen molar-refractivity contribution in [3.05, 3.63) is 59.7 Å². The number of aromatic nitrogens is 2. The molecule has 0 spiro atoms. The van der Waals surface area contributed by atoms with Gasteiger partial charge in [0.1, 0.15) is 0 Å². The summed E-state index contributed by atoms with van der Waals surface area (Å²) in [6.45, 7) is 0. The molecular formula is C16H13N3O3. The molecule has 0 aliphatic heterocycles. The zero-order valence-electron chi connectivity index (χ0n) is 11.8. The van der Waals surface area contributed by atoms with E-state index in [1.807, 2.05) is 24.3 Å². The highest BCUT2D eigenvalue weighted by molar-refractivity contribution is 6.10. The molecule has 3 aromatic rings. The van der Waals surface area contributed by atoms with E-state index >= 15 is 0 Å². The summed E-state index contributed by atoms with van der Waals surface area (Å²) in [7, 11) is 1.27. The smallest absolute Gasteiger partial charge is 0.338 e. The second-order valence-corrected chi connectivity index (χ2v) is 4.59. The number of methoxy groups -OCH3 is 1. The number of amides is 1. The number of nitrogens with zero attached hydrogens (tertiary/aromatic N) is 1. The van der Waals surface area contributed by atoms with Gasteiger partial charge in [0, 0.05) is 0 Å². The monoisotopic (exact) mass is 295 g/mol. The fraction of sp³-hybridized carbons (Fsp3) is 0.0625. The molecule has 0 saturated carbocycles. The first-order valence-corrected chi connectivity index (χ1v) is 6.62. The number of hydrogen-bond donors (Lipinski definition) is 2. The Hall–Kier alpha value is -3.15. The summed E-state index contributed by atoms with van der Waals surface area (Å²) >= 11 is 0. The molecule has 0 aliphatic rings. The largest absolute Gasteiger partial charge is 0.465 e. The van der Waals surface area contributed by atoms with E-state index in [-0.39, 0.29) is 11.1 Å². The van der Waals surface area contributed by atoms with E-state index in [9.17, 15) is 9.59 Å². The van der Waals surface area contributed by atoms with Gasteiger partial charge in [0.05, 0.1) is 29.3 Å². The van der Waals surface area contributed by atoms with Crippen molar-refractivity contribution in [3.8, 4) is 0 Å². The molecule has 2 aromatic carbocycles. The van der Waals surface area contributed by atoms with Gasteiger partial charge in [-0.1, -0.05) is 24.3 Å². The van der Waals surface area contributed by atoms with Crippen molar-refractivity contribution in [1.82, 2.24) is 9.97 Å². The molecule has 6 nitrogen and oxygen atoms in total. The van der Waals surface area contributed by atoms with Crippen molar-refractivity contribution in [2.24, 2.45) is 0 Å². The van der Waals surface area contributed by atoms with E-state index < -0.39 is 11.9 Å². The van der Waals surface area contributed by atoms with E-state index in [4.69, 9.17) is 0 Å². The van der Waals surface area contributed by atoms with Crippen LogP contribution in [0.1, 0.15) is 20.7 Å². The standard InChI is InChI=1S/C16H13N3O3/c1-22-15(21)11-7-3-2-6-10(11)14(20)19-16-17-12-8-4-5-9-13(12)18-16/h2-9H,1H3,(H2,17,18,19,20). The van der Waals surface area contributed by atoms with Crippen LogP contribution in [-0.2, 0) is 4.74 Å². The maximum Gasteiger partial charge on any atom is 0.338 e. The zero-order chi connectivity index (χ0) is 15.5. The highest BCUT2D eigenvalue weighted by Crippen LogP contribution is 2.16. The molecule has 1 aromatic heterocycles. The summed E-state index contributed by atoms with van der Waals surface area (Å²) in [5.41, 5.74) is 2.01. The minimum atomic E-state index is -0.560. The van der Waals surface area contributed by atoms with Crippen molar-refractivity contribution < 1.29 is 14.3 Å². The van der Waals surface area contributed by atoms with Crippen molar-refractivity contribution >= 4 is 28.9 Å². The molecule has 0 atom stereocenters. The Labute approximate surface area is 126 Å². The molecule has 110 valence electrons. The minimum Gasteiger partial charge on any atom is -0.465 e. The third-order valence-corrected chi connectivity index (χ3v) is 3.20. The van der Waals surface area contributed by atoms with Gasteiger partial charge in [0.25, 0.3) is 5.91 Å². The number of benzene rings is 2. The Morgan fingerprint density at radius 2 is 1.73 bits per heavy atom. The number of fused-ring (bicyclic) bond motifs is 1. The van der Waals surface area contributed by atoms with Gasteiger partial charge in [-0.3, -0.25) is 10.1 Å². The van der Waals surface area contributed by atoms with Gasteiger partial charge in [0.2, 0.25) is 5.95 Å². The molecule has 22 heavy (non-hydrogen) atoms. The van der Waals surface area contributed by atoms with Crippen molar-refractivity contribution in [2.75, 3.05) is 12.4 Å². The number of anilines is 1. The number of imidazole rings is 1. The van der Waals surface area contributed by atoms with E-state index in [2.05, 4.69) is 20.0 Å². The first-order valence-electron chi connectivity index (χ1n) is 6.62. The van der Waals surface area contributed by atoms with Crippen LogP contribution in [0.5, 0.6) is 0 Å². The second kappa shape index (κ2) is 5.69. The lowest BCUT2D eigenvalue weighted by molar-refractivity contribution is 0.0597. The van der Waals surface area contributed by atoms with Crippen molar-refractivity contribution in [2.45, 2.75) is 0 Å². The van der Waals surface area contributed by atoms with Crippen molar-refractivity contribution in [3.63, 3.8) is 0 Å². The van der Waals surface area contributed by atoms with Gasteiger partial charge in [-0.05, 0) is 24.3 Å². The van der Waals surface area contributed by atoms with Crippen LogP contribution in [-0.4, -0.2) is 29.0 Å². The number of hydrogen-bond acceptors (Lipinski definition) is 4. The molecule has 2 N–H and O–H groups in total. The molecular weight excluding hydrogens is 282 g/mol. The van der Waals surface area contributed by atoms with E-state index in [0.29, 0.717) is 5.95 Å². The van der Waals surface area contributed by atoms with Crippen LogP contribution < -0.4 is 5.32 Å². The molecule has 0 bridgehead atoms. The minimum absolute atomic E-state index is 0.207. The lowest BCUT2D eigenvalue weighted by Crippen LogP contribution is -2.17. The quantitative estimate of drug-likeness (QED) is 0.727. The second-order valence-electron chi connectivity index (χ2n) is 4.59. The molecule has 0 radical (unpaired) electrons. The summed E-state index contributed by atoms with van der Waals surface area (Å²) in [6.07, 6.45) is 0. The number of ether oxygens (including phenoxy) is 1. The lowest BCUT2D eigenvalue weighted by atomic mass is 10.1. The van der Waals surface area contributed by atoms with E-state index in [1.165, 1.54) is 7.11 Å². The summed E-state index contributed by atoms with van der Waals surface area (Å²) in [4.78, 5) is 31.3. The fourth-order valence-electron chi connectivity index (χ4n) is 2.16. The average Bonchev–Trinajstić information content (AvgIpc) is 2.96. The fourth-order valence-corrected chi connectivity index (χ4v) is 2.16. The van der Waals surface area contributed by atoms with Crippen LogP contribution in [0.15, 0.2) is 48.5 Å². The molecule has 1 heterocycles. The number of H-pyrrole nitrogens is 1. The molecule has 0 fully saturated rings. The predicted molar refractivity (Wildman–Crippen MR) is 81.8 cm³/mol. The van der Waals surface area contributed by atoms with Gasteiger partial charge in [-0.2, -0.15) is 0 Å². The van der Waals surface area contributed by atoms with Crippen LogP contribution in [0, 0.1) is 0 Å². The van der Waals surface area contributed by atoms with Crippen LogP contribution in [0.2, 0.25) is 0 Å². The Morgan fingerprint density at radius 1 is 1.05 bits per heavy atom. The van der Waals surface area contributed by atoms with E-state index in [1.54, 1.807) is 24.3 Å². The topological polar surface area (TPSA) is 84.1 Å². The van der Waals surface area contributed by atoms with E-state index in [0.717, 1.165) is 11.0 Å².